The highest BCUT2D eigenvalue weighted by Gasteiger charge is 1.65. The fraction of sp³-hybridized carbons (Fsp3) is 0.125. The molecule has 0 radical (unpaired) electrons. The number of aliphatic carboxylic acids is 1. The summed E-state index contributed by atoms with van der Waals surface area (Å²) >= 11 is 0. The fourth-order valence-electron chi connectivity index (χ4n) is 0.385. The number of benzene rings is 1. The van der Waals surface area contributed by atoms with Crippen LogP contribution in [0.4, 0.5) is 0 Å². The molecule has 1 aromatic carbocycles. The van der Waals surface area contributed by atoms with Crippen molar-refractivity contribution >= 4 is 5.97 Å². The zero-order valence-corrected chi connectivity index (χ0v) is 5.82. The first-order valence-electron chi connectivity index (χ1n) is 2.93. The topological polar surface area (TPSA) is 37.3 Å². The molecule has 0 aliphatic rings. The van der Waals surface area contributed by atoms with Gasteiger partial charge in [0.2, 0.25) is 0 Å². The van der Waals surface area contributed by atoms with E-state index >= 15 is 0 Å². The molecule has 0 saturated carbocycles. The van der Waals surface area contributed by atoms with Gasteiger partial charge in [-0.2, -0.15) is 0 Å². The van der Waals surface area contributed by atoms with Crippen molar-refractivity contribution in [1.82, 2.24) is 0 Å². The third kappa shape index (κ3) is 9.85. The van der Waals surface area contributed by atoms with Crippen LogP contribution in [0.3, 0.4) is 0 Å². The Labute approximate surface area is 60.1 Å². The van der Waals surface area contributed by atoms with Crippen molar-refractivity contribution < 1.29 is 9.90 Å². The van der Waals surface area contributed by atoms with Crippen LogP contribution < -0.4 is 0 Å². The molecular weight excluding hydrogens is 128 g/mol. The smallest absolute Gasteiger partial charge is 0.300 e. The SMILES string of the molecule is CC(=O)O.c1ccccc1. The Morgan fingerprint density at radius 1 is 1.00 bits per heavy atom. The van der Waals surface area contributed by atoms with E-state index in [0.717, 1.165) is 6.92 Å². The Morgan fingerprint density at radius 2 is 1.10 bits per heavy atom. The Kier molecular flexibility index (Phi) is 5.06. The number of rotatable bonds is 0. The van der Waals surface area contributed by atoms with Crippen LogP contribution in [0.1, 0.15) is 6.92 Å². The van der Waals surface area contributed by atoms with Crippen molar-refractivity contribution in [3.05, 3.63) is 36.4 Å². The van der Waals surface area contributed by atoms with Gasteiger partial charge in [0.15, 0.2) is 0 Å². The van der Waals surface area contributed by atoms with E-state index in [9.17, 15) is 0 Å². The standard InChI is InChI=1S/C6H6.C2H4O2/c1-2-4-6-5-3-1;1-2(3)4/h1-6H;1H3,(H,3,4). The van der Waals surface area contributed by atoms with Crippen LogP contribution in [0.2, 0.25) is 0 Å². The predicted molar refractivity (Wildman–Crippen MR) is 39.8 cm³/mol. The zero-order valence-electron chi connectivity index (χ0n) is 5.82. The quantitative estimate of drug-likeness (QED) is 0.593. The van der Waals surface area contributed by atoms with Crippen LogP contribution in [0.15, 0.2) is 36.4 Å². The van der Waals surface area contributed by atoms with Crippen molar-refractivity contribution in [2.75, 3.05) is 0 Å². The van der Waals surface area contributed by atoms with Crippen LogP contribution in [0.25, 0.3) is 0 Å². The minimum absolute atomic E-state index is 0.833. The van der Waals surface area contributed by atoms with Gasteiger partial charge in [0.1, 0.15) is 0 Å². The maximum absolute atomic E-state index is 9.00. The van der Waals surface area contributed by atoms with Crippen molar-refractivity contribution in [3.8, 4) is 0 Å². The molecule has 1 rings (SSSR count). The van der Waals surface area contributed by atoms with Gasteiger partial charge in [0.05, 0.1) is 0 Å². The van der Waals surface area contributed by atoms with Crippen LogP contribution in [0.5, 0.6) is 0 Å². The van der Waals surface area contributed by atoms with Gasteiger partial charge in [-0.1, -0.05) is 36.4 Å². The molecule has 1 N–H and O–H groups in total. The first-order chi connectivity index (χ1) is 4.73. The van der Waals surface area contributed by atoms with Gasteiger partial charge in [-0.15, -0.1) is 0 Å². The lowest BCUT2D eigenvalue weighted by molar-refractivity contribution is -0.134. The highest BCUT2D eigenvalue weighted by atomic mass is 16.4. The molecule has 0 atom stereocenters. The molecule has 0 aliphatic heterocycles. The van der Waals surface area contributed by atoms with Crippen LogP contribution in [-0.2, 0) is 4.79 Å². The van der Waals surface area contributed by atoms with Gasteiger partial charge in [0, 0.05) is 6.92 Å². The Balaban J connectivity index is 0.000000180. The first-order valence-corrected chi connectivity index (χ1v) is 2.93. The summed E-state index contributed by atoms with van der Waals surface area (Å²) in [4.78, 5) is 9.00. The molecule has 0 aromatic heterocycles. The van der Waals surface area contributed by atoms with Crippen molar-refractivity contribution in [2.24, 2.45) is 0 Å². The molecule has 0 heterocycles. The van der Waals surface area contributed by atoms with E-state index in [0.29, 0.717) is 0 Å². The molecule has 0 aliphatic carbocycles. The minimum atomic E-state index is -0.833. The highest BCUT2D eigenvalue weighted by molar-refractivity contribution is 5.62. The average molecular weight is 138 g/mol. The van der Waals surface area contributed by atoms with E-state index in [4.69, 9.17) is 9.90 Å². The van der Waals surface area contributed by atoms with Gasteiger partial charge < -0.3 is 5.11 Å². The summed E-state index contributed by atoms with van der Waals surface area (Å²) in [5.41, 5.74) is 0. The predicted octanol–water partition coefficient (Wildman–Crippen LogP) is 1.78. The number of hydrogen-bond donors (Lipinski definition) is 1. The maximum atomic E-state index is 9.00. The lowest BCUT2D eigenvalue weighted by atomic mass is 10.4. The second-order valence-electron chi connectivity index (χ2n) is 1.67. The van der Waals surface area contributed by atoms with E-state index in [-0.39, 0.29) is 0 Å². The van der Waals surface area contributed by atoms with Crippen LogP contribution >= 0.6 is 0 Å². The van der Waals surface area contributed by atoms with Gasteiger partial charge in [0.25, 0.3) is 5.97 Å². The average Bonchev–Trinajstić information content (AvgIpc) is 1.90. The fourth-order valence-corrected chi connectivity index (χ4v) is 0.385. The largest absolute Gasteiger partial charge is 0.481 e. The van der Waals surface area contributed by atoms with Gasteiger partial charge >= 0.3 is 0 Å². The number of hydrogen-bond acceptors (Lipinski definition) is 1. The molecule has 0 unspecified atom stereocenters. The van der Waals surface area contributed by atoms with Crippen molar-refractivity contribution in [1.29, 1.82) is 0 Å². The normalized spacial score (nSPS) is 7.30. The summed E-state index contributed by atoms with van der Waals surface area (Å²) in [5.74, 6) is -0.833. The van der Waals surface area contributed by atoms with Gasteiger partial charge in [-0.3, -0.25) is 4.79 Å². The Bertz CT molecular complexity index is 139. The third-order valence-electron chi connectivity index (χ3n) is 0.667. The van der Waals surface area contributed by atoms with Crippen molar-refractivity contribution in [2.45, 2.75) is 6.92 Å². The van der Waals surface area contributed by atoms with Gasteiger partial charge in [-0.25, -0.2) is 0 Å². The summed E-state index contributed by atoms with van der Waals surface area (Å²) < 4.78 is 0. The molecule has 0 spiro atoms. The maximum Gasteiger partial charge on any atom is 0.300 e. The second-order valence-corrected chi connectivity index (χ2v) is 1.67. The molecule has 10 heavy (non-hydrogen) atoms. The van der Waals surface area contributed by atoms with E-state index in [1.165, 1.54) is 0 Å². The highest BCUT2D eigenvalue weighted by Crippen LogP contribution is 1.79. The molecule has 2 nitrogen and oxygen atoms in total. The van der Waals surface area contributed by atoms with Crippen molar-refractivity contribution in [3.63, 3.8) is 0 Å². The molecule has 2 heteroatoms. The third-order valence-corrected chi connectivity index (χ3v) is 0.667. The van der Waals surface area contributed by atoms with E-state index in [2.05, 4.69) is 0 Å². The summed E-state index contributed by atoms with van der Waals surface area (Å²) in [6, 6.07) is 12.0. The molecule has 1 aromatic rings. The number of carboxylic acid groups (broad SMARTS) is 1. The van der Waals surface area contributed by atoms with E-state index < -0.39 is 5.97 Å². The molecular formula is C8H10O2. The summed E-state index contributed by atoms with van der Waals surface area (Å²) in [7, 11) is 0. The lowest BCUT2D eigenvalue weighted by Gasteiger charge is -1.69. The molecule has 0 fully saturated rings. The second kappa shape index (κ2) is 5.82. The Hall–Kier alpha value is -1.31. The number of carbonyl (C=O) groups is 1. The zero-order chi connectivity index (χ0) is 7.82. The lowest BCUT2D eigenvalue weighted by Crippen LogP contribution is -1.78. The van der Waals surface area contributed by atoms with Crippen LogP contribution in [0, 0.1) is 0 Å². The molecule has 0 bridgehead atoms. The summed E-state index contributed by atoms with van der Waals surface area (Å²) in [6.45, 7) is 1.08. The molecule has 0 saturated heterocycles. The van der Waals surface area contributed by atoms with E-state index in [1.54, 1.807) is 0 Å². The summed E-state index contributed by atoms with van der Waals surface area (Å²) in [6.07, 6.45) is 0. The van der Waals surface area contributed by atoms with Gasteiger partial charge in [-0.05, 0) is 0 Å². The number of carboxylic acids is 1. The monoisotopic (exact) mass is 138 g/mol. The first kappa shape index (κ1) is 8.69. The van der Waals surface area contributed by atoms with E-state index in [1.807, 2.05) is 36.4 Å². The Morgan fingerprint density at radius 3 is 1.20 bits per heavy atom. The molecule has 0 amide bonds. The van der Waals surface area contributed by atoms with Crippen LogP contribution in [-0.4, -0.2) is 11.1 Å². The molecule has 54 valence electrons. The summed E-state index contributed by atoms with van der Waals surface area (Å²) in [5, 5.41) is 7.42. The minimum Gasteiger partial charge on any atom is -0.481 e.